The van der Waals surface area contributed by atoms with Crippen LogP contribution in [0.2, 0.25) is 0 Å². The highest BCUT2D eigenvalue weighted by molar-refractivity contribution is 5.28. The molecule has 0 aliphatic heterocycles. The average molecular weight is 251 g/mol. The first-order valence-electron chi connectivity index (χ1n) is 6.47. The Morgan fingerprint density at radius 2 is 1.67 bits per heavy atom. The molecule has 102 valence electrons. The van der Waals surface area contributed by atoms with Gasteiger partial charge in [-0.05, 0) is 30.5 Å². The predicted octanol–water partition coefficient (Wildman–Crippen LogP) is 3.02. The molecule has 0 radical (unpaired) electrons. The summed E-state index contributed by atoms with van der Waals surface area (Å²) in [5, 5.41) is 3.61. The zero-order valence-electron chi connectivity index (χ0n) is 12.1. The second-order valence-corrected chi connectivity index (χ2v) is 4.97. The monoisotopic (exact) mass is 251 g/mol. The van der Waals surface area contributed by atoms with E-state index in [1.165, 1.54) is 5.56 Å². The number of nitrogens with one attached hydrogen (secondary N) is 1. The number of hydrogen-bond acceptors (Lipinski definition) is 3. The molecule has 1 aromatic carbocycles. The fraction of sp³-hybridized carbons (Fsp3) is 0.600. The van der Waals surface area contributed by atoms with Gasteiger partial charge in [-0.1, -0.05) is 26.0 Å². The highest BCUT2D eigenvalue weighted by atomic mass is 16.5. The van der Waals surface area contributed by atoms with Crippen molar-refractivity contribution in [2.24, 2.45) is 5.92 Å². The van der Waals surface area contributed by atoms with Crippen LogP contribution in [0.1, 0.15) is 32.4 Å². The topological polar surface area (TPSA) is 30.5 Å². The van der Waals surface area contributed by atoms with Crippen LogP contribution in [0.3, 0.4) is 0 Å². The number of rotatable bonds is 7. The van der Waals surface area contributed by atoms with Crippen LogP contribution in [-0.4, -0.2) is 26.9 Å². The molecule has 0 heterocycles. The summed E-state index contributed by atoms with van der Waals surface area (Å²) in [6.45, 7) is 7.32. The summed E-state index contributed by atoms with van der Waals surface area (Å²) in [7, 11) is 3.43. The smallest absolute Gasteiger partial charge is 0.118 e. The van der Waals surface area contributed by atoms with Gasteiger partial charge in [0.15, 0.2) is 0 Å². The van der Waals surface area contributed by atoms with Gasteiger partial charge >= 0.3 is 0 Å². The van der Waals surface area contributed by atoms with Crippen LogP contribution in [0.25, 0.3) is 0 Å². The van der Waals surface area contributed by atoms with Gasteiger partial charge in [-0.3, -0.25) is 0 Å². The first kappa shape index (κ1) is 15.0. The Morgan fingerprint density at radius 1 is 1.06 bits per heavy atom. The van der Waals surface area contributed by atoms with E-state index in [2.05, 4.69) is 38.2 Å². The molecule has 0 amide bonds. The molecule has 0 saturated carbocycles. The quantitative estimate of drug-likeness (QED) is 0.808. The first-order chi connectivity index (χ1) is 8.58. The van der Waals surface area contributed by atoms with Crippen molar-refractivity contribution >= 4 is 0 Å². The van der Waals surface area contributed by atoms with E-state index >= 15 is 0 Å². The van der Waals surface area contributed by atoms with Crippen LogP contribution in [0.4, 0.5) is 0 Å². The molecule has 0 aliphatic carbocycles. The van der Waals surface area contributed by atoms with Crippen LogP contribution in [0.15, 0.2) is 24.3 Å². The van der Waals surface area contributed by atoms with E-state index < -0.39 is 0 Å². The summed E-state index contributed by atoms with van der Waals surface area (Å²) in [5.41, 5.74) is 1.26. The van der Waals surface area contributed by atoms with Gasteiger partial charge in [0.25, 0.3) is 0 Å². The lowest BCUT2D eigenvalue weighted by atomic mass is 10.0. The van der Waals surface area contributed by atoms with Gasteiger partial charge in [0, 0.05) is 19.2 Å². The maximum absolute atomic E-state index is 5.26. The molecule has 1 aromatic rings. The molecule has 0 saturated heterocycles. The SMILES string of the molecule is COCC(N[C@@H](C)c1ccc(OC)cc1)C(C)C. The van der Waals surface area contributed by atoms with Crippen molar-refractivity contribution < 1.29 is 9.47 Å². The molecular formula is C15H25NO2. The van der Waals surface area contributed by atoms with E-state index in [1.54, 1.807) is 14.2 Å². The summed E-state index contributed by atoms with van der Waals surface area (Å²) < 4.78 is 10.4. The van der Waals surface area contributed by atoms with Crippen LogP contribution in [0, 0.1) is 5.92 Å². The zero-order chi connectivity index (χ0) is 13.5. The molecule has 1 unspecified atom stereocenters. The van der Waals surface area contributed by atoms with Crippen molar-refractivity contribution in [1.82, 2.24) is 5.32 Å². The Morgan fingerprint density at radius 3 is 2.11 bits per heavy atom. The average Bonchev–Trinajstić information content (AvgIpc) is 2.38. The minimum atomic E-state index is 0.304. The minimum Gasteiger partial charge on any atom is -0.497 e. The third kappa shape index (κ3) is 4.31. The molecule has 0 aromatic heterocycles. The third-order valence-electron chi connectivity index (χ3n) is 3.23. The van der Waals surface area contributed by atoms with E-state index in [-0.39, 0.29) is 0 Å². The van der Waals surface area contributed by atoms with Gasteiger partial charge in [-0.2, -0.15) is 0 Å². The maximum Gasteiger partial charge on any atom is 0.118 e. The molecule has 1 N–H and O–H groups in total. The molecule has 0 aliphatic rings. The normalized spacial score (nSPS) is 14.6. The number of hydrogen-bond donors (Lipinski definition) is 1. The number of methoxy groups -OCH3 is 2. The van der Waals surface area contributed by atoms with Gasteiger partial charge in [-0.15, -0.1) is 0 Å². The Kier molecular flexibility index (Phi) is 6.16. The molecule has 0 fully saturated rings. The van der Waals surface area contributed by atoms with Crippen molar-refractivity contribution in [3.8, 4) is 5.75 Å². The van der Waals surface area contributed by atoms with Crippen molar-refractivity contribution in [2.45, 2.75) is 32.9 Å². The fourth-order valence-corrected chi connectivity index (χ4v) is 1.92. The molecule has 2 atom stereocenters. The van der Waals surface area contributed by atoms with Crippen molar-refractivity contribution in [3.63, 3.8) is 0 Å². The second kappa shape index (κ2) is 7.39. The summed E-state index contributed by atoms with van der Waals surface area (Å²) in [5.74, 6) is 1.44. The van der Waals surface area contributed by atoms with Crippen LogP contribution in [-0.2, 0) is 4.74 Å². The van der Waals surface area contributed by atoms with Crippen molar-refractivity contribution in [2.75, 3.05) is 20.8 Å². The first-order valence-corrected chi connectivity index (χ1v) is 6.47. The van der Waals surface area contributed by atoms with Crippen molar-refractivity contribution in [3.05, 3.63) is 29.8 Å². The van der Waals surface area contributed by atoms with Crippen LogP contribution < -0.4 is 10.1 Å². The number of ether oxygens (including phenoxy) is 2. The molecular weight excluding hydrogens is 226 g/mol. The summed E-state index contributed by atoms with van der Waals surface area (Å²) in [6, 6.07) is 8.86. The molecule has 1 rings (SSSR count). The summed E-state index contributed by atoms with van der Waals surface area (Å²) >= 11 is 0. The van der Waals surface area contributed by atoms with Crippen LogP contribution >= 0.6 is 0 Å². The second-order valence-electron chi connectivity index (χ2n) is 4.97. The summed E-state index contributed by atoms with van der Waals surface area (Å²) in [4.78, 5) is 0. The number of benzene rings is 1. The van der Waals surface area contributed by atoms with Gasteiger partial charge in [0.05, 0.1) is 13.7 Å². The largest absolute Gasteiger partial charge is 0.497 e. The molecule has 18 heavy (non-hydrogen) atoms. The Bertz CT molecular complexity index is 335. The lowest BCUT2D eigenvalue weighted by molar-refractivity contribution is 0.141. The van der Waals surface area contributed by atoms with E-state index in [4.69, 9.17) is 9.47 Å². The van der Waals surface area contributed by atoms with Gasteiger partial charge < -0.3 is 14.8 Å². The molecule has 0 bridgehead atoms. The van der Waals surface area contributed by atoms with E-state index in [0.717, 1.165) is 12.4 Å². The van der Waals surface area contributed by atoms with E-state index in [9.17, 15) is 0 Å². The molecule has 3 heteroatoms. The molecule has 0 spiro atoms. The standard InChI is InChI=1S/C15H25NO2/c1-11(2)15(10-17-4)16-12(3)13-6-8-14(18-5)9-7-13/h6-9,11-12,15-16H,10H2,1-5H3/t12-,15?/m0/s1. The summed E-state index contributed by atoms with van der Waals surface area (Å²) in [6.07, 6.45) is 0. The highest BCUT2D eigenvalue weighted by Crippen LogP contribution is 2.18. The van der Waals surface area contributed by atoms with Gasteiger partial charge in [-0.25, -0.2) is 0 Å². The Balaban J connectivity index is 2.64. The van der Waals surface area contributed by atoms with Crippen LogP contribution in [0.5, 0.6) is 5.75 Å². The maximum atomic E-state index is 5.26. The van der Waals surface area contributed by atoms with Gasteiger partial charge in [0.2, 0.25) is 0 Å². The van der Waals surface area contributed by atoms with E-state index in [0.29, 0.717) is 18.0 Å². The third-order valence-corrected chi connectivity index (χ3v) is 3.23. The minimum absolute atomic E-state index is 0.304. The lowest BCUT2D eigenvalue weighted by Crippen LogP contribution is -2.39. The van der Waals surface area contributed by atoms with E-state index in [1.807, 2.05) is 12.1 Å². The Labute approximate surface area is 110 Å². The fourth-order valence-electron chi connectivity index (χ4n) is 1.92. The Hall–Kier alpha value is -1.06. The van der Waals surface area contributed by atoms with Crippen molar-refractivity contribution in [1.29, 1.82) is 0 Å². The highest BCUT2D eigenvalue weighted by Gasteiger charge is 2.16. The van der Waals surface area contributed by atoms with Gasteiger partial charge in [0.1, 0.15) is 5.75 Å². The lowest BCUT2D eigenvalue weighted by Gasteiger charge is -2.26. The predicted molar refractivity (Wildman–Crippen MR) is 75.0 cm³/mol. The molecule has 3 nitrogen and oxygen atoms in total. The zero-order valence-corrected chi connectivity index (χ0v) is 12.1.